The Morgan fingerprint density at radius 1 is 1.00 bits per heavy atom. The number of hydrogen-bond acceptors (Lipinski definition) is 6. The number of amides is 1. The number of esters is 1. The maximum Gasteiger partial charge on any atom is 0.338 e. The third kappa shape index (κ3) is 4.90. The Morgan fingerprint density at radius 2 is 1.72 bits per heavy atom. The van der Waals surface area contributed by atoms with Gasteiger partial charge in [-0.1, -0.05) is 0 Å². The molecule has 0 unspecified atom stereocenters. The largest absolute Gasteiger partial charge is 0.496 e. The van der Waals surface area contributed by atoms with Gasteiger partial charge in [0.2, 0.25) is 0 Å². The summed E-state index contributed by atoms with van der Waals surface area (Å²) in [6, 6.07) is 14.4. The van der Waals surface area contributed by atoms with Gasteiger partial charge in [-0.15, -0.1) is 0 Å². The van der Waals surface area contributed by atoms with Crippen LogP contribution in [0.25, 0.3) is 0 Å². The van der Waals surface area contributed by atoms with Crippen molar-refractivity contribution in [2.24, 2.45) is 0 Å². The van der Waals surface area contributed by atoms with Crippen molar-refractivity contribution >= 4 is 23.3 Å². The second kappa shape index (κ2) is 8.88. The molecule has 1 heterocycles. The predicted molar refractivity (Wildman–Crippen MR) is 105 cm³/mol. The van der Waals surface area contributed by atoms with Crippen LogP contribution in [-0.4, -0.2) is 24.8 Å². The van der Waals surface area contributed by atoms with Gasteiger partial charge in [-0.05, 0) is 61.5 Å². The molecule has 1 amide bonds. The topological polar surface area (TPSA) is 94.8 Å². The molecule has 7 heteroatoms. The maximum atomic E-state index is 12.3. The maximum absolute atomic E-state index is 12.3. The van der Waals surface area contributed by atoms with Crippen molar-refractivity contribution in [2.75, 3.05) is 12.4 Å². The molecule has 1 aromatic heterocycles. The zero-order valence-corrected chi connectivity index (χ0v) is 15.9. The molecule has 1 N–H and O–H groups in total. The number of carbonyl (C=O) groups is 3. The molecule has 7 nitrogen and oxygen atoms in total. The van der Waals surface area contributed by atoms with Crippen molar-refractivity contribution in [2.45, 2.75) is 13.5 Å². The number of furan rings is 1. The second-order valence-corrected chi connectivity index (χ2v) is 6.17. The van der Waals surface area contributed by atoms with Gasteiger partial charge in [-0.2, -0.15) is 0 Å². The van der Waals surface area contributed by atoms with Crippen LogP contribution in [0, 0.1) is 0 Å². The van der Waals surface area contributed by atoms with Crippen molar-refractivity contribution < 1.29 is 28.3 Å². The Kier molecular flexibility index (Phi) is 6.09. The lowest BCUT2D eigenvalue weighted by molar-refractivity contribution is 0.0470. The summed E-state index contributed by atoms with van der Waals surface area (Å²) in [4.78, 5) is 35.8. The van der Waals surface area contributed by atoms with Crippen LogP contribution in [0.15, 0.2) is 65.3 Å². The summed E-state index contributed by atoms with van der Waals surface area (Å²) in [5, 5.41) is 2.67. The van der Waals surface area contributed by atoms with Gasteiger partial charge >= 0.3 is 5.97 Å². The average molecular weight is 393 g/mol. The molecule has 2 aromatic carbocycles. The van der Waals surface area contributed by atoms with E-state index in [0.717, 1.165) is 0 Å². The fraction of sp³-hybridized carbons (Fsp3) is 0.136. The minimum absolute atomic E-state index is 0.0416. The number of carbonyl (C=O) groups excluding carboxylic acids is 3. The molecule has 29 heavy (non-hydrogen) atoms. The van der Waals surface area contributed by atoms with Crippen molar-refractivity contribution in [3.05, 3.63) is 83.3 Å². The van der Waals surface area contributed by atoms with E-state index >= 15 is 0 Å². The summed E-state index contributed by atoms with van der Waals surface area (Å²) in [5.41, 5.74) is 1.94. The van der Waals surface area contributed by atoms with Crippen LogP contribution >= 0.6 is 0 Å². The van der Waals surface area contributed by atoms with Gasteiger partial charge in [-0.25, -0.2) is 4.79 Å². The van der Waals surface area contributed by atoms with E-state index in [1.807, 2.05) is 0 Å². The summed E-state index contributed by atoms with van der Waals surface area (Å²) in [6.07, 6.45) is 1.41. The summed E-state index contributed by atoms with van der Waals surface area (Å²) in [7, 11) is 1.50. The molecule has 0 radical (unpaired) electrons. The fourth-order valence-electron chi connectivity index (χ4n) is 2.63. The van der Waals surface area contributed by atoms with E-state index in [0.29, 0.717) is 28.1 Å². The Hall–Kier alpha value is -3.87. The number of hydrogen-bond donors (Lipinski definition) is 1. The van der Waals surface area contributed by atoms with E-state index in [1.165, 1.54) is 20.3 Å². The molecular formula is C22H19NO6. The summed E-state index contributed by atoms with van der Waals surface area (Å²) < 4.78 is 15.6. The molecule has 0 saturated carbocycles. The van der Waals surface area contributed by atoms with Gasteiger partial charge in [0.25, 0.3) is 5.91 Å². The smallest absolute Gasteiger partial charge is 0.338 e. The Balaban J connectivity index is 1.63. The van der Waals surface area contributed by atoms with E-state index in [2.05, 4.69) is 5.32 Å². The third-order valence-electron chi connectivity index (χ3n) is 4.17. The highest BCUT2D eigenvalue weighted by Crippen LogP contribution is 2.22. The SMILES string of the molecule is COc1ccc(C(C)=O)cc1COC(=O)c1ccc(NC(=O)c2ccco2)cc1. The summed E-state index contributed by atoms with van der Waals surface area (Å²) in [6.45, 7) is 1.42. The molecule has 0 spiro atoms. The Morgan fingerprint density at radius 3 is 2.34 bits per heavy atom. The second-order valence-electron chi connectivity index (χ2n) is 6.17. The number of anilines is 1. The molecule has 0 aliphatic carbocycles. The number of nitrogens with one attached hydrogen (secondary N) is 1. The molecular weight excluding hydrogens is 374 g/mol. The van der Waals surface area contributed by atoms with Crippen LogP contribution in [0.2, 0.25) is 0 Å². The minimum atomic E-state index is -0.538. The van der Waals surface area contributed by atoms with Gasteiger partial charge < -0.3 is 19.2 Å². The van der Waals surface area contributed by atoms with Crippen LogP contribution in [0.1, 0.15) is 43.8 Å². The molecule has 3 rings (SSSR count). The predicted octanol–water partition coefficient (Wildman–Crippen LogP) is 4.10. The van der Waals surface area contributed by atoms with Crippen LogP contribution in [0.4, 0.5) is 5.69 Å². The van der Waals surface area contributed by atoms with E-state index < -0.39 is 5.97 Å². The molecule has 0 aliphatic heterocycles. The molecule has 0 atom stereocenters. The van der Waals surface area contributed by atoms with Gasteiger partial charge in [0.05, 0.1) is 18.9 Å². The highest BCUT2D eigenvalue weighted by molar-refractivity contribution is 6.02. The highest BCUT2D eigenvalue weighted by atomic mass is 16.5. The zero-order valence-electron chi connectivity index (χ0n) is 15.9. The number of ether oxygens (including phenoxy) is 2. The normalized spacial score (nSPS) is 10.3. The van der Waals surface area contributed by atoms with E-state index in [9.17, 15) is 14.4 Å². The van der Waals surface area contributed by atoms with Crippen molar-refractivity contribution in [1.82, 2.24) is 0 Å². The lowest BCUT2D eigenvalue weighted by Crippen LogP contribution is -2.11. The van der Waals surface area contributed by atoms with Gasteiger partial charge in [-0.3, -0.25) is 9.59 Å². The van der Waals surface area contributed by atoms with Crippen LogP contribution in [-0.2, 0) is 11.3 Å². The zero-order chi connectivity index (χ0) is 20.8. The van der Waals surface area contributed by atoms with Crippen molar-refractivity contribution in [3.63, 3.8) is 0 Å². The highest BCUT2D eigenvalue weighted by Gasteiger charge is 2.13. The summed E-state index contributed by atoms with van der Waals surface area (Å²) >= 11 is 0. The van der Waals surface area contributed by atoms with Gasteiger partial charge in [0, 0.05) is 16.8 Å². The van der Waals surface area contributed by atoms with E-state index in [1.54, 1.807) is 54.6 Å². The Bertz CT molecular complexity index is 1020. The molecule has 0 fully saturated rings. The lowest BCUT2D eigenvalue weighted by Gasteiger charge is -2.11. The van der Waals surface area contributed by atoms with E-state index in [-0.39, 0.29) is 24.1 Å². The Labute approximate surface area is 167 Å². The summed E-state index contributed by atoms with van der Waals surface area (Å²) in [5.74, 6) is -0.298. The van der Waals surface area contributed by atoms with Crippen LogP contribution in [0.5, 0.6) is 5.75 Å². The standard InChI is InChI=1S/C22H19NO6/c1-14(24)16-7-10-19(27-2)17(12-16)13-29-22(26)15-5-8-18(9-6-15)23-21(25)20-4-3-11-28-20/h3-12H,13H2,1-2H3,(H,23,25). The van der Waals surface area contributed by atoms with Gasteiger partial charge in [0.15, 0.2) is 11.5 Å². The monoisotopic (exact) mass is 393 g/mol. The molecule has 0 aliphatic rings. The van der Waals surface area contributed by atoms with E-state index in [4.69, 9.17) is 13.9 Å². The molecule has 0 saturated heterocycles. The number of rotatable bonds is 7. The number of benzene rings is 2. The molecule has 148 valence electrons. The first-order valence-electron chi connectivity index (χ1n) is 8.78. The average Bonchev–Trinajstić information content (AvgIpc) is 3.27. The molecule has 3 aromatic rings. The van der Waals surface area contributed by atoms with Crippen molar-refractivity contribution in [1.29, 1.82) is 0 Å². The first-order chi connectivity index (χ1) is 14.0. The first-order valence-corrected chi connectivity index (χ1v) is 8.78. The van der Waals surface area contributed by atoms with Crippen LogP contribution < -0.4 is 10.1 Å². The number of Topliss-reactive ketones (excluding diaryl/α,β-unsaturated/α-hetero) is 1. The number of methoxy groups -OCH3 is 1. The quantitative estimate of drug-likeness (QED) is 0.480. The first kappa shape index (κ1) is 19.9. The lowest BCUT2D eigenvalue weighted by atomic mass is 10.1. The van der Waals surface area contributed by atoms with Gasteiger partial charge in [0.1, 0.15) is 12.4 Å². The fourth-order valence-corrected chi connectivity index (χ4v) is 2.63. The third-order valence-corrected chi connectivity index (χ3v) is 4.17. The minimum Gasteiger partial charge on any atom is -0.496 e. The van der Waals surface area contributed by atoms with Crippen molar-refractivity contribution in [3.8, 4) is 5.75 Å². The molecule has 0 bridgehead atoms. The van der Waals surface area contributed by atoms with Crippen LogP contribution in [0.3, 0.4) is 0 Å². The number of ketones is 1.